The number of rotatable bonds is 5. The smallest absolute Gasteiger partial charge is 0.219 e. The molecular weight excluding hydrogens is 276 g/mol. The Labute approximate surface area is 101 Å². The number of nitrogens with zero attached hydrogens (tertiary/aromatic N) is 2. The van der Waals surface area contributed by atoms with Gasteiger partial charge in [-0.1, -0.05) is 0 Å². The lowest BCUT2D eigenvalue weighted by atomic mass is 10.2. The van der Waals surface area contributed by atoms with Crippen LogP contribution in [0.2, 0.25) is 0 Å². The van der Waals surface area contributed by atoms with E-state index in [0.717, 1.165) is 0 Å². The predicted octanol–water partition coefficient (Wildman–Crippen LogP) is 0.200. The SMILES string of the molecule is CC(CC(N)=O)Nc1ncnc(NN)c1Br. The zero-order valence-corrected chi connectivity index (χ0v) is 10.3. The van der Waals surface area contributed by atoms with Crippen LogP contribution >= 0.6 is 15.9 Å². The van der Waals surface area contributed by atoms with E-state index in [1.165, 1.54) is 6.33 Å². The van der Waals surface area contributed by atoms with E-state index in [2.05, 4.69) is 36.6 Å². The number of nitrogens with two attached hydrogens (primary N) is 2. The van der Waals surface area contributed by atoms with Crippen LogP contribution < -0.4 is 22.3 Å². The molecule has 0 aliphatic heterocycles. The average molecular weight is 289 g/mol. The van der Waals surface area contributed by atoms with Crippen molar-refractivity contribution >= 4 is 33.5 Å². The van der Waals surface area contributed by atoms with Gasteiger partial charge in [-0.05, 0) is 22.9 Å². The molecule has 88 valence electrons. The third-order valence-corrected chi connectivity index (χ3v) is 2.57. The van der Waals surface area contributed by atoms with Crippen LogP contribution in [0.5, 0.6) is 0 Å². The normalized spacial score (nSPS) is 11.9. The Morgan fingerprint density at radius 3 is 2.75 bits per heavy atom. The molecule has 0 saturated carbocycles. The molecular formula is C8H13BrN6O. The number of aromatic nitrogens is 2. The lowest BCUT2D eigenvalue weighted by Crippen LogP contribution is -2.24. The van der Waals surface area contributed by atoms with Crippen molar-refractivity contribution in [2.24, 2.45) is 11.6 Å². The molecule has 0 fully saturated rings. The Morgan fingerprint density at radius 2 is 2.19 bits per heavy atom. The summed E-state index contributed by atoms with van der Waals surface area (Å²) in [5.41, 5.74) is 7.51. The van der Waals surface area contributed by atoms with Crippen LogP contribution in [0.1, 0.15) is 13.3 Å². The molecule has 0 aliphatic carbocycles. The van der Waals surface area contributed by atoms with Crippen LogP contribution in [0.15, 0.2) is 10.8 Å². The fraction of sp³-hybridized carbons (Fsp3) is 0.375. The highest BCUT2D eigenvalue weighted by molar-refractivity contribution is 9.10. The van der Waals surface area contributed by atoms with Crippen LogP contribution in [-0.2, 0) is 4.79 Å². The summed E-state index contributed by atoms with van der Waals surface area (Å²) in [6.45, 7) is 1.83. The molecule has 16 heavy (non-hydrogen) atoms. The lowest BCUT2D eigenvalue weighted by molar-refractivity contribution is -0.118. The number of nitrogens with one attached hydrogen (secondary N) is 2. The Kier molecular flexibility index (Phi) is 4.44. The number of hydrogen-bond donors (Lipinski definition) is 4. The number of primary amides is 1. The first-order valence-corrected chi connectivity index (χ1v) is 5.35. The molecule has 0 spiro atoms. The zero-order valence-electron chi connectivity index (χ0n) is 8.70. The Bertz CT molecular complexity index is 385. The number of nitrogen functional groups attached to an aromatic ring is 1. The summed E-state index contributed by atoms with van der Waals surface area (Å²) in [6, 6.07) is -0.116. The van der Waals surface area contributed by atoms with E-state index in [0.29, 0.717) is 16.1 Å². The Balaban J connectivity index is 2.77. The third kappa shape index (κ3) is 3.31. The summed E-state index contributed by atoms with van der Waals surface area (Å²) in [6.07, 6.45) is 1.58. The minimum Gasteiger partial charge on any atom is -0.370 e. The molecule has 1 amide bonds. The van der Waals surface area contributed by atoms with Gasteiger partial charge in [0.1, 0.15) is 16.6 Å². The van der Waals surface area contributed by atoms with Crippen molar-refractivity contribution in [1.82, 2.24) is 9.97 Å². The fourth-order valence-corrected chi connectivity index (χ4v) is 1.59. The minimum absolute atomic E-state index is 0.116. The van der Waals surface area contributed by atoms with Crippen molar-refractivity contribution in [3.05, 3.63) is 10.8 Å². The summed E-state index contributed by atoms with van der Waals surface area (Å²) in [5, 5.41) is 3.02. The zero-order chi connectivity index (χ0) is 12.1. The molecule has 0 bridgehead atoms. The van der Waals surface area contributed by atoms with Gasteiger partial charge in [0.05, 0.1) is 0 Å². The number of hydrazine groups is 1. The second-order valence-electron chi connectivity index (χ2n) is 3.25. The molecule has 0 saturated heterocycles. The molecule has 0 radical (unpaired) electrons. The highest BCUT2D eigenvalue weighted by Crippen LogP contribution is 2.26. The maximum atomic E-state index is 10.7. The van der Waals surface area contributed by atoms with E-state index in [9.17, 15) is 4.79 Å². The molecule has 1 atom stereocenters. The summed E-state index contributed by atoms with van der Waals surface area (Å²) in [4.78, 5) is 18.6. The van der Waals surface area contributed by atoms with Gasteiger partial charge in [-0.15, -0.1) is 0 Å². The average Bonchev–Trinajstić information content (AvgIpc) is 2.20. The summed E-state index contributed by atoms with van der Waals surface area (Å²) >= 11 is 3.29. The molecule has 1 aromatic heterocycles. The number of halogens is 1. The highest BCUT2D eigenvalue weighted by atomic mass is 79.9. The molecule has 7 nitrogen and oxygen atoms in total. The minimum atomic E-state index is -0.373. The monoisotopic (exact) mass is 288 g/mol. The van der Waals surface area contributed by atoms with Crippen LogP contribution in [0, 0.1) is 0 Å². The first-order valence-electron chi connectivity index (χ1n) is 4.56. The van der Waals surface area contributed by atoms with E-state index in [-0.39, 0.29) is 18.4 Å². The van der Waals surface area contributed by atoms with Crippen molar-refractivity contribution in [2.45, 2.75) is 19.4 Å². The molecule has 1 unspecified atom stereocenters. The molecule has 1 heterocycles. The van der Waals surface area contributed by atoms with Crippen LogP contribution in [-0.4, -0.2) is 21.9 Å². The van der Waals surface area contributed by atoms with Crippen molar-refractivity contribution in [3.63, 3.8) is 0 Å². The second kappa shape index (κ2) is 5.61. The summed E-state index contributed by atoms with van der Waals surface area (Å²) in [5.74, 6) is 5.90. The number of hydrogen-bond acceptors (Lipinski definition) is 6. The van der Waals surface area contributed by atoms with E-state index in [1.54, 1.807) is 0 Å². The topological polar surface area (TPSA) is 119 Å². The van der Waals surface area contributed by atoms with Crippen molar-refractivity contribution in [3.8, 4) is 0 Å². The van der Waals surface area contributed by atoms with Gasteiger partial charge in [0.15, 0.2) is 5.82 Å². The van der Waals surface area contributed by atoms with Crippen LogP contribution in [0.25, 0.3) is 0 Å². The first kappa shape index (κ1) is 12.7. The van der Waals surface area contributed by atoms with Crippen molar-refractivity contribution in [1.29, 1.82) is 0 Å². The predicted molar refractivity (Wildman–Crippen MR) is 64.4 cm³/mol. The third-order valence-electron chi connectivity index (χ3n) is 1.82. The van der Waals surface area contributed by atoms with Gasteiger partial charge in [-0.2, -0.15) is 0 Å². The van der Waals surface area contributed by atoms with Gasteiger partial charge < -0.3 is 16.5 Å². The lowest BCUT2D eigenvalue weighted by Gasteiger charge is -2.14. The van der Waals surface area contributed by atoms with Gasteiger partial charge in [0, 0.05) is 12.5 Å². The quantitative estimate of drug-likeness (QED) is 0.454. The molecule has 0 aliphatic rings. The fourth-order valence-electron chi connectivity index (χ4n) is 1.16. The number of carbonyl (C=O) groups excluding carboxylic acids is 1. The molecule has 1 aromatic rings. The molecule has 6 N–H and O–H groups in total. The first-order chi connectivity index (χ1) is 7.54. The van der Waals surface area contributed by atoms with E-state index in [1.807, 2.05) is 6.92 Å². The number of anilines is 2. The largest absolute Gasteiger partial charge is 0.370 e. The highest BCUT2D eigenvalue weighted by Gasteiger charge is 2.11. The second-order valence-corrected chi connectivity index (χ2v) is 4.04. The van der Waals surface area contributed by atoms with Crippen LogP contribution in [0.4, 0.5) is 11.6 Å². The Hall–Kier alpha value is -1.41. The van der Waals surface area contributed by atoms with E-state index < -0.39 is 0 Å². The number of amides is 1. The van der Waals surface area contributed by atoms with Gasteiger partial charge in [0.2, 0.25) is 5.91 Å². The van der Waals surface area contributed by atoms with Crippen molar-refractivity contribution < 1.29 is 4.79 Å². The molecule has 8 heteroatoms. The Morgan fingerprint density at radius 1 is 1.56 bits per heavy atom. The van der Waals surface area contributed by atoms with Gasteiger partial charge in [-0.3, -0.25) is 4.79 Å². The molecule has 1 rings (SSSR count). The van der Waals surface area contributed by atoms with Gasteiger partial charge >= 0.3 is 0 Å². The standard InChI is InChI=1S/C8H13BrN6O/c1-4(2-5(10)16)14-7-6(9)8(15-11)13-3-12-7/h3-4H,2,11H2,1H3,(H2,10,16)(H2,12,13,14,15). The van der Waals surface area contributed by atoms with Gasteiger partial charge in [0.25, 0.3) is 0 Å². The summed E-state index contributed by atoms with van der Waals surface area (Å²) < 4.78 is 0.605. The maximum Gasteiger partial charge on any atom is 0.219 e. The van der Waals surface area contributed by atoms with E-state index >= 15 is 0 Å². The van der Waals surface area contributed by atoms with E-state index in [4.69, 9.17) is 11.6 Å². The molecule has 0 aromatic carbocycles. The van der Waals surface area contributed by atoms with Crippen molar-refractivity contribution in [2.75, 3.05) is 10.7 Å². The summed E-state index contributed by atoms with van der Waals surface area (Å²) in [7, 11) is 0. The number of carbonyl (C=O) groups is 1. The maximum absolute atomic E-state index is 10.7. The van der Waals surface area contributed by atoms with Gasteiger partial charge in [-0.25, -0.2) is 15.8 Å². The van der Waals surface area contributed by atoms with Crippen LogP contribution in [0.3, 0.4) is 0 Å².